The van der Waals surface area contributed by atoms with Gasteiger partial charge in [-0.15, -0.1) is 22.6 Å². The summed E-state index contributed by atoms with van der Waals surface area (Å²) in [4.78, 5) is 24.4. The largest absolute Gasteiger partial charge is 0.434 e. The molecule has 0 unspecified atom stereocenters. The molecule has 1 spiro atoms. The lowest BCUT2D eigenvalue weighted by atomic mass is 9.72. The lowest BCUT2D eigenvalue weighted by Crippen LogP contribution is -2.62. The molecule has 0 bridgehead atoms. The van der Waals surface area contributed by atoms with Gasteiger partial charge in [-0.1, -0.05) is 0 Å². The first-order chi connectivity index (χ1) is 22.8. The van der Waals surface area contributed by atoms with Crippen molar-refractivity contribution in [2.45, 2.75) is 77.9 Å². The summed E-state index contributed by atoms with van der Waals surface area (Å²) in [6.45, 7) is 14.4. The first-order valence-corrected chi connectivity index (χ1v) is 18.7. The standard InChI is InChI=1S/C33H50FN9O4S.ClH/c1-23(2)43(24(3)4)32(44)28-17-26(34)5-6-29(28)47-31-30(36-22-37-38-31)40-12-7-25(19-40)18-39-20-33(21-39)10-15-42(16-11-33)48(45,46)41-13-8-27(35)9-14-41;/h5-6,17,22-25,27H,7-16,18-21,35H2,1-4H3;1H/t25-;/m0./s1. The second-order valence-electron chi connectivity index (χ2n) is 14.6. The molecule has 16 heteroatoms. The molecule has 1 aromatic carbocycles. The van der Waals surface area contributed by atoms with Crippen LogP contribution in [0, 0.1) is 17.2 Å². The molecule has 13 nitrogen and oxygen atoms in total. The Labute approximate surface area is 295 Å². The molecule has 1 amide bonds. The molecule has 0 aliphatic carbocycles. The zero-order valence-corrected chi connectivity index (χ0v) is 30.6. The first-order valence-electron chi connectivity index (χ1n) is 17.3. The van der Waals surface area contributed by atoms with Gasteiger partial charge >= 0.3 is 0 Å². The van der Waals surface area contributed by atoms with Crippen molar-refractivity contribution >= 4 is 34.3 Å². The summed E-state index contributed by atoms with van der Waals surface area (Å²) in [5.41, 5.74) is 6.30. The molecule has 1 aromatic heterocycles. The molecule has 5 heterocycles. The summed E-state index contributed by atoms with van der Waals surface area (Å²) in [5, 5.41) is 8.17. The van der Waals surface area contributed by atoms with Gasteiger partial charge in [0.1, 0.15) is 17.9 Å². The second-order valence-corrected chi connectivity index (χ2v) is 16.6. The SMILES string of the molecule is CC(C)N(C(=O)c1cc(F)ccc1Oc1nncnc1N1CC[C@@H](CN2CC3(CCN(S(=O)(=O)N4CCC(N)CC4)CC3)C2)C1)C(C)C.Cl. The highest BCUT2D eigenvalue weighted by molar-refractivity contribution is 7.86. The number of carbonyl (C=O) groups excluding carboxylic acids is 1. The summed E-state index contributed by atoms with van der Waals surface area (Å²) < 4.78 is 50.3. The molecule has 0 radical (unpaired) electrons. The van der Waals surface area contributed by atoms with Crippen LogP contribution in [0.15, 0.2) is 24.5 Å². The Bertz CT molecular complexity index is 1550. The van der Waals surface area contributed by atoms with Crippen LogP contribution in [0.5, 0.6) is 11.6 Å². The van der Waals surface area contributed by atoms with Crippen LogP contribution in [0.2, 0.25) is 0 Å². The zero-order valence-electron chi connectivity index (χ0n) is 29.0. The Morgan fingerprint density at radius 1 is 1.04 bits per heavy atom. The van der Waals surface area contributed by atoms with E-state index in [1.54, 1.807) is 13.5 Å². The van der Waals surface area contributed by atoms with Crippen molar-refractivity contribution in [2.24, 2.45) is 17.1 Å². The van der Waals surface area contributed by atoms with Crippen LogP contribution in [0.3, 0.4) is 0 Å². The molecule has 4 aliphatic rings. The van der Waals surface area contributed by atoms with E-state index in [0.29, 0.717) is 37.9 Å². The molecule has 4 aliphatic heterocycles. The number of likely N-dealkylation sites (tertiary alicyclic amines) is 1. The lowest BCUT2D eigenvalue weighted by molar-refractivity contribution is -0.0413. The van der Waals surface area contributed by atoms with Crippen LogP contribution in [0.4, 0.5) is 10.2 Å². The third kappa shape index (κ3) is 8.12. The third-order valence-electron chi connectivity index (χ3n) is 10.5. The summed E-state index contributed by atoms with van der Waals surface area (Å²) in [6.07, 6.45) is 5.59. The molecule has 0 saturated carbocycles. The monoisotopic (exact) mass is 723 g/mol. The number of rotatable bonds is 10. The number of ether oxygens (including phenoxy) is 1. The van der Waals surface area contributed by atoms with E-state index in [0.717, 1.165) is 64.8 Å². The maximum atomic E-state index is 14.4. The molecule has 4 fully saturated rings. The van der Waals surface area contributed by atoms with Crippen molar-refractivity contribution < 1.29 is 22.3 Å². The number of nitrogens with two attached hydrogens (primary N) is 1. The highest BCUT2D eigenvalue weighted by Crippen LogP contribution is 2.42. The first kappa shape index (κ1) is 37.6. The number of hydrogen-bond donors (Lipinski definition) is 1. The van der Waals surface area contributed by atoms with Crippen LogP contribution in [-0.2, 0) is 10.2 Å². The predicted octanol–water partition coefficient (Wildman–Crippen LogP) is 3.38. The Morgan fingerprint density at radius 3 is 2.35 bits per heavy atom. The van der Waals surface area contributed by atoms with E-state index in [2.05, 4.69) is 25.0 Å². The van der Waals surface area contributed by atoms with Crippen molar-refractivity contribution in [2.75, 3.05) is 63.8 Å². The number of nitrogens with zero attached hydrogens (tertiary/aromatic N) is 8. The van der Waals surface area contributed by atoms with Gasteiger partial charge in [0, 0.05) is 77.0 Å². The number of halogens is 2. The molecule has 6 rings (SSSR count). The maximum absolute atomic E-state index is 14.4. The average Bonchev–Trinajstić information content (AvgIpc) is 3.50. The third-order valence-corrected chi connectivity index (χ3v) is 12.5. The van der Waals surface area contributed by atoms with Crippen LogP contribution in [0.1, 0.15) is 70.2 Å². The Morgan fingerprint density at radius 2 is 1.69 bits per heavy atom. The van der Waals surface area contributed by atoms with Gasteiger partial charge in [-0.05, 0) is 89.3 Å². The average molecular weight is 724 g/mol. The maximum Gasteiger partial charge on any atom is 0.282 e. The van der Waals surface area contributed by atoms with Crippen LogP contribution in [0.25, 0.3) is 0 Å². The van der Waals surface area contributed by atoms with Crippen molar-refractivity contribution in [1.29, 1.82) is 0 Å². The summed E-state index contributed by atoms with van der Waals surface area (Å²) in [6, 6.07) is 3.86. The van der Waals surface area contributed by atoms with E-state index in [9.17, 15) is 17.6 Å². The van der Waals surface area contributed by atoms with Gasteiger partial charge in [-0.2, -0.15) is 17.0 Å². The van der Waals surface area contributed by atoms with Crippen molar-refractivity contribution in [1.82, 2.24) is 33.6 Å². The fourth-order valence-corrected chi connectivity index (χ4v) is 9.60. The van der Waals surface area contributed by atoms with Gasteiger partial charge in [-0.25, -0.2) is 9.37 Å². The topological polar surface area (TPSA) is 141 Å². The Balaban J connectivity index is 0.00000468. The molecule has 49 heavy (non-hydrogen) atoms. The van der Waals surface area contributed by atoms with E-state index in [1.807, 2.05) is 27.7 Å². The Kier molecular flexibility index (Phi) is 11.7. The minimum Gasteiger partial charge on any atom is -0.434 e. The number of carbonyl (C=O) groups is 1. The van der Waals surface area contributed by atoms with E-state index in [-0.39, 0.29) is 59.0 Å². The van der Waals surface area contributed by atoms with Crippen molar-refractivity contribution in [3.05, 3.63) is 35.9 Å². The molecule has 1 atom stereocenters. The van der Waals surface area contributed by atoms with E-state index < -0.39 is 16.0 Å². The fraction of sp³-hybridized carbons (Fsp3) is 0.697. The fourth-order valence-electron chi connectivity index (χ4n) is 7.96. The molecular weight excluding hydrogens is 673 g/mol. The number of piperidine rings is 2. The van der Waals surface area contributed by atoms with Crippen LogP contribution < -0.4 is 15.4 Å². The van der Waals surface area contributed by atoms with Gasteiger partial charge in [0.05, 0.1) is 5.56 Å². The summed E-state index contributed by atoms with van der Waals surface area (Å²) >= 11 is 0. The lowest BCUT2D eigenvalue weighted by Gasteiger charge is -2.54. The molecule has 2 N–H and O–H groups in total. The summed E-state index contributed by atoms with van der Waals surface area (Å²) in [7, 11) is -3.42. The second kappa shape index (κ2) is 15.3. The quantitative estimate of drug-likeness (QED) is 0.388. The normalized spacial score (nSPS) is 22.4. The number of benzene rings is 1. The van der Waals surface area contributed by atoms with Gasteiger partial charge in [0.25, 0.3) is 22.0 Å². The van der Waals surface area contributed by atoms with Gasteiger partial charge in [-0.3, -0.25) is 4.79 Å². The zero-order chi connectivity index (χ0) is 34.2. The van der Waals surface area contributed by atoms with Crippen LogP contribution >= 0.6 is 12.4 Å². The number of aromatic nitrogens is 3. The smallest absolute Gasteiger partial charge is 0.282 e. The van der Waals surface area contributed by atoms with E-state index in [1.165, 1.54) is 24.5 Å². The molecule has 4 saturated heterocycles. The predicted molar refractivity (Wildman–Crippen MR) is 188 cm³/mol. The summed E-state index contributed by atoms with van der Waals surface area (Å²) in [5.74, 6) is 0.507. The highest BCUT2D eigenvalue weighted by atomic mass is 35.5. The van der Waals surface area contributed by atoms with E-state index >= 15 is 0 Å². The Hall–Kier alpha value is -2.69. The van der Waals surface area contributed by atoms with Crippen molar-refractivity contribution in [3.8, 4) is 11.6 Å². The van der Waals surface area contributed by atoms with Crippen molar-refractivity contribution in [3.63, 3.8) is 0 Å². The molecule has 2 aromatic rings. The number of amides is 1. The molecule has 272 valence electrons. The highest BCUT2D eigenvalue weighted by Gasteiger charge is 2.48. The number of hydrogen-bond acceptors (Lipinski definition) is 10. The minimum atomic E-state index is -3.42. The minimum absolute atomic E-state index is 0. The molecular formula is C33H51ClFN9O4S. The van der Waals surface area contributed by atoms with Gasteiger partial charge < -0.3 is 25.2 Å². The van der Waals surface area contributed by atoms with E-state index in [4.69, 9.17) is 10.5 Å². The van der Waals surface area contributed by atoms with Gasteiger partial charge in [0.15, 0.2) is 5.82 Å². The van der Waals surface area contributed by atoms with Crippen LogP contribution in [-0.4, -0.2) is 125 Å². The van der Waals surface area contributed by atoms with Gasteiger partial charge in [0.2, 0.25) is 0 Å². The number of anilines is 1.